The molecule has 0 aromatic carbocycles. The summed E-state index contributed by atoms with van der Waals surface area (Å²) in [6.45, 7) is 0. The SMILES string of the molecule is O=S1CC[C@@H]2CCC[C@@H]21. The van der Waals surface area contributed by atoms with Gasteiger partial charge in [0.2, 0.25) is 0 Å². The van der Waals surface area contributed by atoms with Gasteiger partial charge in [0.25, 0.3) is 0 Å². The van der Waals surface area contributed by atoms with Crippen LogP contribution in [0.4, 0.5) is 0 Å². The second-order valence-corrected chi connectivity index (χ2v) is 4.88. The van der Waals surface area contributed by atoms with Gasteiger partial charge in [-0.15, -0.1) is 0 Å². The minimum atomic E-state index is -0.428. The van der Waals surface area contributed by atoms with Crippen molar-refractivity contribution in [3.63, 3.8) is 0 Å². The highest BCUT2D eigenvalue weighted by molar-refractivity contribution is 7.85. The Kier molecular flexibility index (Phi) is 1.36. The molecule has 0 aromatic rings. The van der Waals surface area contributed by atoms with E-state index in [1.54, 1.807) is 0 Å². The predicted molar refractivity (Wildman–Crippen MR) is 38.8 cm³/mol. The Morgan fingerprint density at radius 3 is 2.89 bits per heavy atom. The van der Waals surface area contributed by atoms with E-state index in [1.165, 1.54) is 25.7 Å². The number of hydrogen-bond acceptors (Lipinski definition) is 1. The van der Waals surface area contributed by atoms with E-state index in [0.29, 0.717) is 5.25 Å². The summed E-state index contributed by atoms with van der Waals surface area (Å²) in [5.74, 6) is 1.85. The minimum Gasteiger partial charge on any atom is -0.259 e. The molecule has 0 aromatic heterocycles. The molecule has 9 heavy (non-hydrogen) atoms. The van der Waals surface area contributed by atoms with Crippen LogP contribution in [-0.4, -0.2) is 15.2 Å². The van der Waals surface area contributed by atoms with Crippen LogP contribution in [0.15, 0.2) is 0 Å². The van der Waals surface area contributed by atoms with Gasteiger partial charge in [-0.2, -0.15) is 0 Å². The van der Waals surface area contributed by atoms with Crippen molar-refractivity contribution >= 4 is 10.8 Å². The Bertz CT molecular complexity index is 144. The Morgan fingerprint density at radius 1 is 1.22 bits per heavy atom. The second kappa shape index (κ2) is 2.08. The minimum absolute atomic E-state index is 0.428. The van der Waals surface area contributed by atoms with Crippen molar-refractivity contribution in [1.29, 1.82) is 0 Å². The van der Waals surface area contributed by atoms with E-state index < -0.39 is 10.8 Å². The molecule has 0 amide bonds. The third-order valence-corrected chi connectivity index (χ3v) is 4.55. The van der Waals surface area contributed by atoms with E-state index >= 15 is 0 Å². The maximum absolute atomic E-state index is 11.2. The van der Waals surface area contributed by atoms with Crippen LogP contribution < -0.4 is 0 Å². The fraction of sp³-hybridized carbons (Fsp3) is 1.00. The molecular formula is C7H12OS. The van der Waals surface area contributed by atoms with Crippen molar-refractivity contribution in [3.05, 3.63) is 0 Å². The van der Waals surface area contributed by atoms with Crippen LogP contribution in [0.25, 0.3) is 0 Å². The first-order chi connectivity index (χ1) is 4.38. The van der Waals surface area contributed by atoms with E-state index in [0.717, 1.165) is 11.7 Å². The lowest BCUT2D eigenvalue weighted by molar-refractivity contribution is 0.566. The first kappa shape index (κ1) is 5.90. The summed E-state index contributed by atoms with van der Waals surface area (Å²) in [6, 6.07) is 0. The molecule has 2 fully saturated rings. The lowest BCUT2D eigenvalue weighted by Crippen LogP contribution is -2.09. The van der Waals surface area contributed by atoms with Gasteiger partial charge in [-0.05, 0) is 25.2 Å². The summed E-state index contributed by atoms with van der Waals surface area (Å²) >= 11 is 0. The highest BCUT2D eigenvalue weighted by Gasteiger charge is 2.36. The molecule has 0 N–H and O–H groups in total. The summed E-state index contributed by atoms with van der Waals surface area (Å²) in [6.07, 6.45) is 5.19. The van der Waals surface area contributed by atoms with Gasteiger partial charge in [0.05, 0.1) is 0 Å². The normalized spacial score (nSPS) is 49.6. The Morgan fingerprint density at radius 2 is 2.11 bits per heavy atom. The molecule has 1 aliphatic carbocycles. The molecule has 1 nitrogen and oxygen atoms in total. The maximum atomic E-state index is 11.2. The van der Waals surface area contributed by atoms with Gasteiger partial charge in [-0.25, -0.2) is 0 Å². The van der Waals surface area contributed by atoms with Crippen LogP contribution in [0, 0.1) is 5.92 Å². The largest absolute Gasteiger partial charge is 0.259 e. The Labute approximate surface area is 58.3 Å². The molecule has 1 heterocycles. The van der Waals surface area contributed by atoms with Crippen LogP contribution in [0.2, 0.25) is 0 Å². The second-order valence-electron chi connectivity index (χ2n) is 3.10. The molecule has 3 atom stereocenters. The summed E-state index contributed by atoms with van der Waals surface area (Å²) in [4.78, 5) is 0. The van der Waals surface area contributed by atoms with Gasteiger partial charge in [0.15, 0.2) is 0 Å². The summed E-state index contributed by atoms with van der Waals surface area (Å²) in [7, 11) is -0.428. The Balaban J connectivity index is 2.15. The maximum Gasteiger partial charge on any atom is 0.0376 e. The molecule has 1 unspecified atom stereocenters. The summed E-state index contributed by atoms with van der Waals surface area (Å²) in [5, 5.41) is 0.616. The van der Waals surface area contributed by atoms with Crippen LogP contribution in [0.1, 0.15) is 25.7 Å². The fourth-order valence-electron chi connectivity index (χ4n) is 2.10. The van der Waals surface area contributed by atoms with Crippen molar-refractivity contribution in [2.45, 2.75) is 30.9 Å². The molecule has 1 aliphatic heterocycles. The highest BCUT2D eigenvalue weighted by atomic mass is 32.2. The predicted octanol–water partition coefficient (Wildman–Crippen LogP) is 1.31. The lowest BCUT2D eigenvalue weighted by Gasteiger charge is -2.03. The molecule has 52 valence electrons. The zero-order valence-corrected chi connectivity index (χ0v) is 6.32. The average Bonchev–Trinajstić information content (AvgIpc) is 2.35. The van der Waals surface area contributed by atoms with Crippen molar-refractivity contribution in [1.82, 2.24) is 0 Å². The first-order valence-electron chi connectivity index (χ1n) is 3.75. The molecule has 0 spiro atoms. The monoisotopic (exact) mass is 144 g/mol. The van der Waals surface area contributed by atoms with Gasteiger partial charge >= 0.3 is 0 Å². The first-order valence-corrected chi connectivity index (χ1v) is 5.13. The van der Waals surface area contributed by atoms with Gasteiger partial charge in [-0.3, -0.25) is 4.21 Å². The molecule has 1 saturated heterocycles. The molecule has 2 aliphatic rings. The van der Waals surface area contributed by atoms with E-state index in [4.69, 9.17) is 0 Å². The lowest BCUT2D eigenvalue weighted by atomic mass is 10.1. The van der Waals surface area contributed by atoms with Gasteiger partial charge in [0, 0.05) is 21.8 Å². The van der Waals surface area contributed by atoms with E-state index in [9.17, 15) is 4.21 Å². The van der Waals surface area contributed by atoms with Crippen LogP contribution in [-0.2, 0) is 10.8 Å². The standard InChI is InChI=1S/C7H12OS/c8-9-5-4-6-2-1-3-7(6)9/h6-7H,1-5H2/t6-,7-,9?/m0/s1. The number of fused-ring (bicyclic) bond motifs is 1. The summed E-state index contributed by atoms with van der Waals surface area (Å²) < 4.78 is 11.2. The molecular weight excluding hydrogens is 132 g/mol. The van der Waals surface area contributed by atoms with Gasteiger partial charge in [-0.1, -0.05) is 6.42 Å². The topological polar surface area (TPSA) is 17.1 Å². The molecule has 0 bridgehead atoms. The van der Waals surface area contributed by atoms with E-state index in [2.05, 4.69) is 0 Å². The summed E-state index contributed by atoms with van der Waals surface area (Å²) in [5.41, 5.74) is 0. The van der Waals surface area contributed by atoms with Crippen molar-refractivity contribution in [2.75, 3.05) is 5.75 Å². The average molecular weight is 144 g/mol. The molecule has 2 heteroatoms. The fourth-order valence-corrected chi connectivity index (χ4v) is 4.07. The number of hydrogen-bond donors (Lipinski definition) is 0. The van der Waals surface area contributed by atoms with Crippen LogP contribution in [0.5, 0.6) is 0 Å². The molecule has 0 radical (unpaired) electrons. The third-order valence-electron chi connectivity index (χ3n) is 2.62. The van der Waals surface area contributed by atoms with Crippen molar-refractivity contribution < 1.29 is 4.21 Å². The molecule has 1 saturated carbocycles. The Hall–Kier alpha value is 0.150. The van der Waals surface area contributed by atoms with E-state index in [1.807, 2.05) is 0 Å². The van der Waals surface area contributed by atoms with Crippen molar-refractivity contribution in [3.8, 4) is 0 Å². The van der Waals surface area contributed by atoms with Crippen molar-refractivity contribution in [2.24, 2.45) is 5.92 Å². The highest BCUT2D eigenvalue weighted by Crippen LogP contribution is 2.37. The quantitative estimate of drug-likeness (QED) is 0.501. The third kappa shape index (κ3) is 0.841. The van der Waals surface area contributed by atoms with Crippen LogP contribution >= 0.6 is 0 Å². The zero-order chi connectivity index (χ0) is 6.27. The van der Waals surface area contributed by atoms with Gasteiger partial charge < -0.3 is 0 Å². The van der Waals surface area contributed by atoms with E-state index in [-0.39, 0.29) is 0 Å². The zero-order valence-electron chi connectivity index (χ0n) is 5.51. The molecule has 2 rings (SSSR count). The van der Waals surface area contributed by atoms with Crippen LogP contribution in [0.3, 0.4) is 0 Å². The van der Waals surface area contributed by atoms with Gasteiger partial charge in [0.1, 0.15) is 0 Å². The smallest absolute Gasteiger partial charge is 0.0376 e. The number of rotatable bonds is 0.